The highest BCUT2D eigenvalue weighted by atomic mass is 16.3. The third kappa shape index (κ3) is 2.08. The molecule has 0 aromatic carbocycles. The minimum Gasteiger partial charge on any atom is -0.472 e. The van der Waals surface area contributed by atoms with E-state index in [1.165, 1.54) is 0 Å². The predicted octanol–water partition coefficient (Wildman–Crippen LogP) is 2.43. The van der Waals surface area contributed by atoms with Crippen LogP contribution in [0, 0.1) is 0 Å². The first-order chi connectivity index (χ1) is 7.08. The summed E-state index contributed by atoms with van der Waals surface area (Å²) in [6, 6.07) is 1.83. The van der Waals surface area contributed by atoms with E-state index in [-0.39, 0.29) is 5.54 Å². The molecule has 0 aliphatic carbocycles. The smallest absolute Gasteiger partial charge is 0.100 e. The quantitative estimate of drug-likeness (QED) is 0.812. The summed E-state index contributed by atoms with van der Waals surface area (Å²) < 4.78 is 5.02. The van der Waals surface area contributed by atoms with E-state index < -0.39 is 6.10 Å². The molecule has 0 aliphatic heterocycles. The largest absolute Gasteiger partial charge is 0.472 e. The molecule has 1 N–H and O–H groups in total. The highest BCUT2D eigenvalue weighted by Crippen LogP contribution is 2.35. The van der Waals surface area contributed by atoms with E-state index in [1.54, 1.807) is 12.5 Å². The third-order valence-electron chi connectivity index (χ3n) is 3.48. The molecule has 0 amide bonds. The fraction of sp³-hybridized carbons (Fsp3) is 0.667. The predicted molar refractivity (Wildman–Crippen MR) is 60.7 cm³/mol. The van der Waals surface area contributed by atoms with Crippen LogP contribution in [-0.4, -0.2) is 29.6 Å². The Hall–Kier alpha value is -0.800. The van der Waals surface area contributed by atoms with Crippen LogP contribution in [0.3, 0.4) is 0 Å². The summed E-state index contributed by atoms with van der Waals surface area (Å²) in [5.74, 6) is 0. The molecule has 0 aliphatic rings. The molecule has 1 heterocycles. The van der Waals surface area contributed by atoms with Gasteiger partial charge in [-0.3, -0.25) is 0 Å². The van der Waals surface area contributed by atoms with Gasteiger partial charge in [-0.05, 0) is 33.0 Å². The number of hydrogen-bond acceptors (Lipinski definition) is 3. The van der Waals surface area contributed by atoms with Gasteiger partial charge in [0, 0.05) is 5.56 Å². The van der Waals surface area contributed by atoms with Crippen molar-refractivity contribution >= 4 is 0 Å². The maximum Gasteiger partial charge on any atom is 0.100 e. The van der Waals surface area contributed by atoms with Crippen LogP contribution in [0.1, 0.15) is 38.4 Å². The molecule has 0 saturated carbocycles. The lowest BCUT2D eigenvalue weighted by molar-refractivity contribution is -0.0152. The average molecular weight is 211 g/mol. The van der Waals surface area contributed by atoms with Gasteiger partial charge in [0.25, 0.3) is 0 Å². The monoisotopic (exact) mass is 211 g/mol. The number of hydrogen-bond donors (Lipinski definition) is 1. The topological polar surface area (TPSA) is 36.6 Å². The summed E-state index contributed by atoms with van der Waals surface area (Å²) in [4.78, 5) is 2.10. The first-order valence-corrected chi connectivity index (χ1v) is 5.46. The van der Waals surface area contributed by atoms with Gasteiger partial charge in [-0.15, -0.1) is 0 Å². The van der Waals surface area contributed by atoms with Crippen molar-refractivity contribution < 1.29 is 9.52 Å². The molecular formula is C12H21NO2. The lowest BCUT2D eigenvalue weighted by atomic mass is 9.82. The van der Waals surface area contributed by atoms with E-state index >= 15 is 0 Å². The third-order valence-corrected chi connectivity index (χ3v) is 3.48. The molecule has 1 aromatic rings. The van der Waals surface area contributed by atoms with Crippen molar-refractivity contribution in [1.29, 1.82) is 0 Å². The van der Waals surface area contributed by atoms with Gasteiger partial charge in [-0.1, -0.05) is 13.8 Å². The van der Waals surface area contributed by atoms with E-state index in [2.05, 4.69) is 18.7 Å². The van der Waals surface area contributed by atoms with Gasteiger partial charge in [-0.2, -0.15) is 0 Å². The fourth-order valence-electron chi connectivity index (χ4n) is 2.25. The minimum absolute atomic E-state index is 0.204. The molecule has 1 aromatic heterocycles. The lowest BCUT2D eigenvalue weighted by Crippen LogP contribution is -2.48. The maximum absolute atomic E-state index is 10.4. The molecule has 0 saturated heterocycles. The van der Waals surface area contributed by atoms with E-state index in [1.807, 2.05) is 20.2 Å². The Morgan fingerprint density at radius 2 is 2.00 bits per heavy atom. The Balaban J connectivity index is 2.99. The number of furan rings is 1. The number of aliphatic hydroxyl groups is 1. The first-order valence-electron chi connectivity index (χ1n) is 5.46. The summed E-state index contributed by atoms with van der Waals surface area (Å²) in [7, 11) is 4.02. The van der Waals surface area contributed by atoms with Crippen LogP contribution >= 0.6 is 0 Å². The van der Waals surface area contributed by atoms with Gasteiger partial charge in [0.2, 0.25) is 0 Å². The number of rotatable bonds is 5. The summed E-state index contributed by atoms with van der Waals surface area (Å²) in [5.41, 5.74) is 0.650. The highest BCUT2D eigenvalue weighted by molar-refractivity contribution is 5.15. The number of nitrogens with zero attached hydrogens (tertiary/aromatic N) is 1. The van der Waals surface area contributed by atoms with Crippen LogP contribution in [0.5, 0.6) is 0 Å². The molecule has 3 heteroatoms. The van der Waals surface area contributed by atoms with Crippen LogP contribution in [0.2, 0.25) is 0 Å². The summed E-state index contributed by atoms with van der Waals surface area (Å²) in [5, 5.41) is 10.4. The van der Waals surface area contributed by atoms with E-state index in [0.717, 1.165) is 18.4 Å². The van der Waals surface area contributed by atoms with E-state index in [9.17, 15) is 5.11 Å². The van der Waals surface area contributed by atoms with Crippen molar-refractivity contribution in [3.05, 3.63) is 24.2 Å². The highest BCUT2D eigenvalue weighted by Gasteiger charge is 2.38. The standard InChI is InChI=1S/C12H21NO2/c1-5-12(6-2,13(3)4)11(14)10-7-8-15-9-10/h7-9,11,14H,5-6H2,1-4H3. The van der Waals surface area contributed by atoms with Crippen LogP contribution in [0.15, 0.2) is 23.0 Å². The normalized spacial score (nSPS) is 14.5. The van der Waals surface area contributed by atoms with E-state index in [0.29, 0.717) is 0 Å². The minimum atomic E-state index is -0.499. The zero-order valence-electron chi connectivity index (χ0n) is 10.0. The van der Waals surface area contributed by atoms with Crippen LogP contribution < -0.4 is 0 Å². The van der Waals surface area contributed by atoms with Gasteiger partial charge in [-0.25, -0.2) is 0 Å². The van der Waals surface area contributed by atoms with Crippen molar-refractivity contribution in [3.8, 4) is 0 Å². The lowest BCUT2D eigenvalue weighted by Gasteiger charge is -2.42. The molecular weight excluding hydrogens is 190 g/mol. The second kappa shape index (κ2) is 4.81. The second-order valence-corrected chi connectivity index (χ2v) is 4.16. The summed E-state index contributed by atoms with van der Waals surface area (Å²) in [6.07, 6.45) is 4.53. The van der Waals surface area contributed by atoms with Gasteiger partial charge >= 0.3 is 0 Å². The van der Waals surface area contributed by atoms with Gasteiger partial charge in [0.05, 0.1) is 18.1 Å². The van der Waals surface area contributed by atoms with Crippen molar-refractivity contribution in [2.24, 2.45) is 0 Å². The van der Waals surface area contributed by atoms with Crippen LogP contribution in [-0.2, 0) is 0 Å². The van der Waals surface area contributed by atoms with Gasteiger partial charge in [0.15, 0.2) is 0 Å². The SMILES string of the molecule is CCC(CC)(C(O)c1ccoc1)N(C)C. The van der Waals surface area contributed by atoms with Crippen LogP contribution in [0.4, 0.5) is 0 Å². The van der Waals surface area contributed by atoms with E-state index in [4.69, 9.17) is 4.42 Å². The molecule has 3 nitrogen and oxygen atoms in total. The maximum atomic E-state index is 10.4. The van der Waals surface area contributed by atoms with Crippen molar-refractivity contribution in [3.63, 3.8) is 0 Å². The van der Waals surface area contributed by atoms with Crippen molar-refractivity contribution in [1.82, 2.24) is 4.90 Å². The Morgan fingerprint density at radius 1 is 1.40 bits per heavy atom. The summed E-state index contributed by atoms with van der Waals surface area (Å²) >= 11 is 0. The molecule has 1 unspecified atom stereocenters. The summed E-state index contributed by atoms with van der Waals surface area (Å²) in [6.45, 7) is 4.21. The Morgan fingerprint density at radius 3 is 2.33 bits per heavy atom. The van der Waals surface area contributed by atoms with Crippen molar-refractivity contribution in [2.75, 3.05) is 14.1 Å². The first kappa shape index (κ1) is 12.3. The molecule has 1 atom stereocenters. The molecule has 0 bridgehead atoms. The Bertz CT molecular complexity index is 276. The Kier molecular flexibility index (Phi) is 3.94. The Labute approximate surface area is 91.7 Å². The van der Waals surface area contributed by atoms with Gasteiger partial charge in [0.1, 0.15) is 6.10 Å². The molecule has 15 heavy (non-hydrogen) atoms. The zero-order chi connectivity index (χ0) is 11.5. The molecule has 0 fully saturated rings. The van der Waals surface area contributed by atoms with Crippen molar-refractivity contribution in [2.45, 2.75) is 38.3 Å². The molecule has 0 radical (unpaired) electrons. The second-order valence-electron chi connectivity index (χ2n) is 4.16. The zero-order valence-corrected chi connectivity index (χ0v) is 10.0. The van der Waals surface area contributed by atoms with Crippen LogP contribution in [0.25, 0.3) is 0 Å². The average Bonchev–Trinajstić information content (AvgIpc) is 2.72. The van der Waals surface area contributed by atoms with Gasteiger partial charge < -0.3 is 14.4 Å². The fourth-order valence-corrected chi connectivity index (χ4v) is 2.25. The molecule has 0 spiro atoms. The number of likely N-dealkylation sites (N-methyl/N-ethyl adjacent to an activating group) is 1. The molecule has 1 rings (SSSR count). The molecule has 86 valence electrons. The number of aliphatic hydroxyl groups excluding tert-OH is 1.